The van der Waals surface area contributed by atoms with Crippen LogP contribution in [0.15, 0.2) is 0 Å². The first kappa shape index (κ1) is 25.1. The predicted molar refractivity (Wildman–Crippen MR) is 131 cm³/mol. The van der Waals surface area contributed by atoms with Crippen LogP contribution in [0, 0.1) is 29.6 Å². The molecule has 0 saturated heterocycles. The summed E-state index contributed by atoms with van der Waals surface area (Å²) in [4.78, 5) is 11.9. The van der Waals surface area contributed by atoms with Gasteiger partial charge in [0.25, 0.3) is 0 Å². The maximum atomic E-state index is 11.9. The summed E-state index contributed by atoms with van der Waals surface area (Å²) in [5.74, 6) is 5.03. The largest absolute Gasteiger partial charge is 0.462 e. The molecule has 3 aliphatic carbocycles. The number of carbonyl (C=O) groups excluding carboxylic acids is 1. The molecular weight excluding hydrogens is 380 g/mol. The van der Waals surface area contributed by atoms with Crippen LogP contribution in [0.2, 0.25) is 0 Å². The highest BCUT2D eigenvalue weighted by Gasteiger charge is 2.32. The first-order valence-corrected chi connectivity index (χ1v) is 14.4. The van der Waals surface area contributed by atoms with Crippen LogP contribution in [-0.4, -0.2) is 12.1 Å². The number of esters is 1. The Bertz CT molecular complexity index is 477. The van der Waals surface area contributed by atoms with Gasteiger partial charge in [-0.25, -0.2) is 0 Å². The van der Waals surface area contributed by atoms with Crippen molar-refractivity contribution in [2.24, 2.45) is 29.6 Å². The van der Waals surface area contributed by atoms with Gasteiger partial charge >= 0.3 is 5.97 Å². The topological polar surface area (TPSA) is 26.3 Å². The molecule has 0 aliphatic heterocycles. The van der Waals surface area contributed by atoms with E-state index in [9.17, 15) is 4.79 Å². The summed E-state index contributed by atoms with van der Waals surface area (Å²) in [5, 5.41) is 0. The fourth-order valence-electron chi connectivity index (χ4n) is 6.97. The highest BCUT2D eigenvalue weighted by Crippen LogP contribution is 2.42. The zero-order chi connectivity index (χ0) is 21.9. The van der Waals surface area contributed by atoms with Gasteiger partial charge in [0.05, 0.1) is 0 Å². The van der Waals surface area contributed by atoms with Gasteiger partial charge in [-0.05, 0) is 74.5 Å². The molecule has 0 aromatic carbocycles. The van der Waals surface area contributed by atoms with Crippen molar-refractivity contribution in [2.45, 2.75) is 148 Å². The molecule has 0 N–H and O–H groups in total. The number of unbranched alkanes of at least 4 members (excludes halogenated alkanes) is 2. The maximum absolute atomic E-state index is 11.9. The molecule has 0 amide bonds. The Labute approximate surface area is 193 Å². The van der Waals surface area contributed by atoms with Crippen LogP contribution in [0.5, 0.6) is 0 Å². The van der Waals surface area contributed by atoms with Gasteiger partial charge in [0.1, 0.15) is 6.10 Å². The SMILES string of the molecule is CCCCC(=O)OC1CCC(C2CCC(CCC3CCC(CCCC)CC3)CC2)CC1. The lowest BCUT2D eigenvalue weighted by Crippen LogP contribution is -2.29. The van der Waals surface area contributed by atoms with Crippen molar-refractivity contribution < 1.29 is 9.53 Å². The van der Waals surface area contributed by atoms with Gasteiger partial charge in [-0.3, -0.25) is 4.79 Å². The number of rotatable bonds is 11. The predicted octanol–water partition coefficient (Wildman–Crippen LogP) is 8.86. The lowest BCUT2D eigenvalue weighted by atomic mass is 9.69. The summed E-state index contributed by atoms with van der Waals surface area (Å²) in [7, 11) is 0. The monoisotopic (exact) mass is 432 g/mol. The Morgan fingerprint density at radius 2 is 1.06 bits per heavy atom. The molecule has 0 bridgehead atoms. The maximum Gasteiger partial charge on any atom is 0.306 e. The van der Waals surface area contributed by atoms with E-state index in [0.717, 1.165) is 55.3 Å². The Hall–Kier alpha value is -0.530. The molecule has 0 aromatic heterocycles. The van der Waals surface area contributed by atoms with E-state index >= 15 is 0 Å². The number of ether oxygens (including phenoxy) is 1. The van der Waals surface area contributed by atoms with Crippen LogP contribution in [0.1, 0.15) is 142 Å². The molecule has 2 heteroatoms. The molecular formula is C29H52O2. The van der Waals surface area contributed by atoms with Gasteiger partial charge in [-0.15, -0.1) is 0 Å². The molecule has 0 radical (unpaired) electrons. The molecule has 3 fully saturated rings. The van der Waals surface area contributed by atoms with E-state index in [2.05, 4.69) is 13.8 Å². The summed E-state index contributed by atoms with van der Waals surface area (Å²) in [5.41, 5.74) is 0. The van der Waals surface area contributed by atoms with Gasteiger partial charge in [0.15, 0.2) is 0 Å². The molecule has 0 unspecified atom stereocenters. The third-order valence-corrected chi connectivity index (χ3v) is 9.22. The van der Waals surface area contributed by atoms with Crippen LogP contribution in [0.25, 0.3) is 0 Å². The Morgan fingerprint density at radius 1 is 0.613 bits per heavy atom. The van der Waals surface area contributed by atoms with Crippen molar-refractivity contribution in [3.8, 4) is 0 Å². The molecule has 2 nitrogen and oxygen atoms in total. The quantitative estimate of drug-likeness (QED) is 0.305. The second kappa shape index (κ2) is 13.9. The van der Waals surface area contributed by atoms with E-state index in [4.69, 9.17) is 4.74 Å². The van der Waals surface area contributed by atoms with E-state index in [1.165, 1.54) is 96.3 Å². The fraction of sp³-hybridized carbons (Fsp3) is 0.966. The average molecular weight is 433 g/mol. The second-order valence-corrected chi connectivity index (χ2v) is 11.5. The molecule has 0 atom stereocenters. The van der Waals surface area contributed by atoms with Crippen molar-refractivity contribution in [3.05, 3.63) is 0 Å². The number of hydrogen-bond donors (Lipinski definition) is 0. The van der Waals surface area contributed by atoms with Crippen LogP contribution in [-0.2, 0) is 9.53 Å². The normalized spacial score (nSPS) is 34.4. The standard InChI is InChI=1S/C29H52O2/c1-3-5-7-23-9-11-24(12-10-23)13-14-25-15-17-26(18-16-25)27-19-21-28(22-20-27)31-29(30)8-6-4-2/h23-28H,3-22H2,1-2H3. The molecule has 0 aromatic rings. The summed E-state index contributed by atoms with van der Waals surface area (Å²) in [6, 6.07) is 0. The summed E-state index contributed by atoms with van der Waals surface area (Å²) >= 11 is 0. The molecule has 3 saturated carbocycles. The summed E-state index contributed by atoms with van der Waals surface area (Å²) in [6.07, 6.45) is 27.0. The molecule has 31 heavy (non-hydrogen) atoms. The molecule has 180 valence electrons. The highest BCUT2D eigenvalue weighted by atomic mass is 16.5. The highest BCUT2D eigenvalue weighted by molar-refractivity contribution is 5.69. The first-order valence-electron chi connectivity index (χ1n) is 14.4. The van der Waals surface area contributed by atoms with Crippen LogP contribution in [0.3, 0.4) is 0 Å². The Morgan fingerprint density at radius 3 is 1.58 bits per heavy atom. The zero-order valence-corrected chi connectivity index (χ0v) is 20.9. The van der Waals surface area contributed by atoms with Gasteiger partial charge < -0.3 is 4.74 Å². The van der Waals surface area contributed by atoms with Gasteiger partial charge in [-0.2, -0.15) is 0 Å². The minimum absolute atomic E-state index is 0.0419. The van der Waals surface area contributed by atoms with Crippen molar-refractivity contribution >= 4 is 5.97 Å². The third kappa shape index (κ3) is 8.73. The lowest BCUT2D eigenvalue weighted by Gasteiger charge is -2.38. The van der Waals surface area contributed by atoms with E-state index in [-0.39, 0.29) is 12.1 Å². The van der Waals surface area contributed by atoms with Crippen molar-refractivity contribution in [2.75, 3.05) is 0 Å². The van der Waals surface area contributed by atoms with Crippen molar-refractivity contribution in [3.63, 3.8) is 0 Å². The summed E-state index contributed by atoms with van der Waals surface area (Å²) in [6.45, 7) is 4.46. The molecule has 0 heterocycles. The summed E-state index contributed by atoms with van der Waals surface area (Å²) < 4.78 is 5.72. The van der Waals surface area contributed by atoms with Crippen molar-refractivity contribution in [1.82, 2.24) is 0 Å². The molecule has 3 aliphatic rings. The Balaban J connectivity index is 1.25. The average Bonchev–Trinajstić information content (AvgIpc) is 2.81. The molecule has 0 spiro atoms. The van der Waals surface area contributed by atoms with Crippen LogP contribution < -0.4 is 0 Å². The van der Waals surface area contributed by atoms with Gasteiger partial charge in [0, 0.05) is 6.42 Å². The first-order chi connectivity index (χ1) is 15.2. The minimum Gasteiger partial charge on any atom is -0.462 e. The fourth-order valence-corrected chi connectivity index (χ4v) is 6.97. The smallest absolute Gasteiger partial charge is 0.306 e. The van der Waals surface area contributed by atoms with Crippen LogP contribution >= 0.6 is 0 Å². The molecule has 3 rings (SSSR count). The van der Waals surface area contributed by atoms with E-state index < -0.39 is 0 Å². The number of hydrogen-bond acceptors (Lipinski definition) is 2. The second-order valence-electron chi connectivity index (χ2n) is 11.5. The lowest BCUT2D eigenvalue weighted by molar-refractivity contribution is -0.151. The van der Waals surface area contributed by atoms with E-state index in [0.29, 0.717) is 6.42 Å². The van der Waals surface area contributed by atoms with E-state index in [1.807, 2.05) is 0 Å². The third-order valence-electron chi connectivity index (χ3n) is 9.22. The number of carbonyl (C=O) groups is 1. The Kier molecular flexibility index (Phi) is 11.2. The van der Waals surface area contributed by atoms with Crippen molar-refractivity contribution in [1.29, 1.82) is 0 Å². The zero-order valence-electron chi connectivity index (χ0n) is 20.9. The van der Waals surface area contributed by atoms with Gasteiger partial charge in [0.2, 0.25) is 0 Å². The van der Waals surface area contributed by atoms with Crippen LogP contribution in [0.4, 0.5) is 0 Å². The van der Waals surface area contributed by atoms with E-state index in [1.54, 1.807) is 0 Å². The van der Waals surface area contributed by atoms with Gasteiger partial charge in [-0.1, -0.05) is 90.9 Å². The minimum atomic E-state index is 0.0419.